The maximum atomic E-state index is 12.4. The van der Waals surface area contributed by atoms with Crippen molar-refractivity contribution in [2.24, 2.45) is 0 Å². The van der Waals surface area contributed by atoms with Gasteiger partial charge in [-0.15, -0.1) is 0 Å². The number of thioether (sulfide) groups is 1. The zero-order valence-corrected chi connectivity index (χ0v) is 16.7. The SMILES string of the molecule is O=C1Nc2ccccc2S/C1=C\c1ccccc1OCc1ccc(Br)cc1. The maximum absolute atomic E-state index is 12.4. The summed E-state index contributed by atoms with van der Waals surface area (Å²) in [6.45, 7) is 0.468. The Morgan fingerprint density at radius 2 is 1.70 bits per heavy atom. The standard InChI is InChI=1S/C22H16BrNO2S/c23-17-11-9-15(10-12-17)14-26-19-7-3-1-5-16(19)13-21-22(25)24-18-6-2-4-8-20(18)27-21/h1-13H,14H2,(H,24,25)/b21-13-. The molecule has 1 aliphatic heterocycles. The summed E-state index contributed by atoms with van der Waals surface area (Å²) in [5.41, 5.74) is 2.82. The summed E-state index contributed by atoms with van der Waals surface area (Å²) in [7, 11) is 0. The number of halogens is 1. The van der Waals surface area contributed by atoms with Gasteiger partial charge in [-0.05, 0) is 42.0 Å². The fourth-order valence-electron chi connectivity index (χ4n) is 2.72. The second-order valence-electron chi connectivity index (χ2n) is 6.01. The third kappa shape index (κ3) is 4.26. The normalized spacial score (nSPS) is 14.6. The van der Waals surface area contributed by atoms with Crippen LogP contribution in [0.4, 0.5) is 5.69 Å². The molecule has 0 saturated carbocycles. The molecular weight excluding hydrogens is 422 g/mol. The molecule has 0 aliphatic carbocycles. The molecule has 0 atom stereocenters. The molecule has 1 heterocycles. The van der Waals surface area contributed by atoms with E-state index in [4.69, 9.17) is 4.74 Å². The molecule has 0 fully saturated rings. The third-order valence-corrected chi connectivity index (χ3v) is 5.72. The number of amides is 1. The molecule has 1 amide bonds. The number of anilines is 1. The summed E-state index contributed by atoms with van der Waals surface area (Å²) in [5.74, 6) is 0.654. The molecule has 5 heteroatoms. The van der Waals surface area contributed by atoms with Crippen LogP contribution < -0.4 is 10.1 Å². The zero-order valence-electron chi connectivity index (χ0n) is 14.3. The average Bonchev–Trinajstić information content (AvgIpc) is 2.69. The molecule has 134 valence electrons. The number of fused-ring (bicyclic) bond motifs is 1. The van der Waals surface area contributed by atoms with Gasteiger partial charge in [-0.3, -0.25) is 4.79 Å². The Kier molecular flexibility index (Phi) is 5.32. The predicted octanol–water partition coefficient (Wildman–Crippen LogP) is 6.11. The number of hydrogen-bond donors (Lipinski definition) is 1. The first-order valence-electron chi connectivity index (χ1n) is 8.45. The molecule has 0 spiro atoms. The number of nitrogens with one attached hydrogen (secondary N) is 1. The zero-order chi connectivity index (χ0) is 18.6. The highest BCUT2D eigenvalue weighted by Crippen LogP contribution is 2.39. The van der Waals surface area contributed by atoms with Gasteiger partial charge in [0.05, 0.1) is 10.6 Å². The molecule has 0 bridgehead atoms. The van der Waals surface area contributed by atoms with Crippen LogP contribution in [0.15, 0.2) is 87.1 Å². The van der Waals surface area contributed by atoms with Gasteiger partial charge in [-0.25, -0.2) is 0 Å². The lowest BCUT2D eigenvalue weighted by Gasteiger charge is -2.18. The summed E-state index contributed by atoms with van der Waals surface area (Å²) in [6, 6.07) is 23.6. The fraction of sp³-hybridized carbons (Fsp3) is 0.0455. The van der Waals surface area contributed by atoms with Crippen LogP contribution in [-0.2, 0) is 11.4 Å². The highest BCUT2D eigenvalue weighted by atomic mass is 79.9. The third-order valence-electron chi connectivity index (χ3n) is 4.09. The first kappa shape index (κ1) is 17.9. The van der Waals surface area contributed by atoms with Gasteiger partial charge in [0.2, 0.25) is 0 Å². The Morgan fingerprint density at radius 3 is 2.56 bits per heavy atom. The van der Waals surface area contributed by atoms with Crippen LogP contribution in [0.3, 0.4) is 0 Å². The van der Waals surface area contributed by atoms with Crippen LogP contribution in [0.5, 0.6) is 5.75 Å². The molecule has 27 heavy (non-hydrogen) atoms. The number of ether oxygens (including phenoxy) is 1. The Bertz CT molecular complexity index is 1010. The Balaban J connectivity index is 1.57. The minimum absolute atomic E-state index is 0.0959. The van der Waals surface area contributed by atoms with Crippen LogP contribution >= 0.6 is 27.7 Å². The molecule has 3 nitrogen and oxygen atoms in total. The van der Waals surface area contributed by atoms with E-state index in [2.05, 4.69) is 21.2 Å². The first-order chi connectivity index (χ1) is 13.2. The van der Waals surface area contributed by atoms with Gasteiger partial charge < -0.3 is 10.1 Å². The predicted molar refractivity (Wildman–Crippen MR) is 114 cm³/mol. The van der Waals surface area contributed by atoms with Gasteiger partial charge in [-0.1, -0.05) is 70.2 Å². The van der Waals surface area contributed by atoms with Crippen LogP contribution in [0.1, 0.15) is 11.1 Å². The van der Waals surface area contributed by atoms with Crippen molar-refractivity contribution in [3.8, 4) is 5.75 Å². The summed E-state index contributed by atoms with van der Waals surface area (Å²) in [4.78, 5) is 14.1. The van der Waals surface area contributed by atoms with Crippen LogP contribution in [0.25, 0.3) is 6.08 Å². The molecule has 1 N–H and O–H groups in total. The summed E-state index contributed by atoms with van der Waals surface area (Å²) in [6.07, 6.45) is 1.88. The lowest BCUT2D eigenvalue weighted by molar-refractivity contribution is -0.112. The number of benzene rings is 3. The Hall–Kier alpha value is -2.50. The largest absolute Gasteiger partial charge is 0.488 e. The van der Waals surface area contributed by atoms with Crippen molar-refractivity contribution in [1.82, 2.24) is 0 Å². The van der Waals surface area contributed by atoms with E-state index in [9.17, 15) is 4.79 Å². The minimum Gasteiger partial charge on any atom is -0.488 e. The molecule has 1 aliphatic rings. The van der Waals surface area contributed by atoms with Crippen LogP contribution in [0.2, 0.25) is 0 Å². The molecule has 0 saturated heterocycles. The molecule has 0 aromatic heterocycles. The number of carbonyl (C=O) groups excluding carboxylic acids is 1. The van der Waals surface area contributed by atoms with Crippen molar-refractivity contribution in [2.45, 2.75) is 11.5 Å². The molecule has 3 aromatic rings. The maximum Gasteiger partial charge on any atom is 0.262 e. The Morgan fingerprint density at radius 1 is 0.963 bits per heavy atom. The van der Waals surface area contributed by atoms with Gasteiger partial charge in [0, 0.05) is 14.9 Å². The van der Waals surface area contributed by atoms with E-state index in [0.29, 0.717) is 11.5 Å². The molecular formula is C22H16BrNO2S. The number of hydrogen-bond acceptors (Lipinski definition) is 3. The van der Waals surface area contributed by atoms with E-state index in [1.54, 1.807) is 0 Å². The monoisotopic (exact) mass is 437 g/mol. The number of rotatable bonds is 4. The second-order valence-corrected chi connectivity index (χ2v) is 8.01. The van der Waals surface area contributed by atoms with Crippen molar-refractivity contribution in [3.63, 3.8) is 0 Å². The summed E-state index contributed by atoms with van der Waals surface area (Å²) < 4.78 is 7.05. The van der Waals surface area contributed by atoms with Crippen molar-refractivity contribution < 1.29 is 9.53 Å². The van der Waals surface area contributed by atoms with Gasteiger partial charge in [0.25, 0.3) is 5.91 Å². The molecule has 4 rings (SSSR count). The van der Waals surface area contributed by atoms with E-state index < -0.39 is 0 Å². The molecule has 3 aromatic carbocycles. The van der Waals surface area contributed by atoms with Gasteiger partial charge in [-0.2, -0.15) is 0 Å². The van der Waals surface area contributed by atoms with Crippen molar-refractivity contribution in [1.29, 1.82) is 0 Å². The average molecular weight is 438 g/mol. The first-order valence-corrected chi connectivity index (χ1v) is 10.1. The highest BCUT2D eigenvalue weighted by Gasteiger charge is 2.20. The second kappa shape index (κ2) is 8.03. The van der Waals surface area contributed by atoms with Gasteiger partial charge in [0.15, 0.2) is 0 Å². The van der Waals surface area contributed by atoms with Crippen molar-refractivity contribution in [3.05, 3.63) is 93.3 Å². The highest BCUT2D eigenvalue weighted by molar-refractivity contribution is 9.10. The fourth-order valence-corrected chi connectivity index (χ4v) is 3.92. The molecule has 0 unspecified atom stereocenters. The van der Waals surface area contributed by atoms with Crippen LogP contribution in [0, 0.1) is 0 Å². The van der Waals surface area contributed by atoms with Gasteiger partial charge in [0.1, 0.15) is 12.4 Å². The van der Waals surface area contributed by atoms with E-state index in [1.165, 1.54) is 11.8 Å². The summed E-state index contributed by atoms with van der Waals surface area (Å²) in [5, 5.41) is 2.94. The lowest BCUT2D eigenvalue weighted by Crippen LogP contribution is -2.17. The quantitative estimate of drug-likeness (QED) is 0.500. The van der Waals surface area contributed by atoms with Crippen molar-refractivity contribution in [2.75, 3.05) is 5.32 Å². The summed E-state index contributed by atoms with van der Waals surface area (Å²) >= 11 is 4.91. The number of carbonyl (C=O) groups is 1. The van der Waals surface area contributed by atoms with Crippen molar-refractivity contribution >= 4 is 45.4 Å². The van der Waals surface area contributed by atoms with Crippen LogP contribution in [-0.4, -0.2) is 5.91 Å². The van der Waals surface area contributed by atoms with E-state index in [1.807, 2.05) is 78.9 Å². The number of para-hydroxylation sites is 2. The Labute approximate surface area is 170 Å². The van der Waals surface area contributed by atoms with E-state index in [0.717, 1.165) is 31.9 Å². The van der Waals surface area contributed by atoms with Gasteiger partial charge >= 0.3 is 0 Å². The molecule has 0 radical (unpaired) electrons. The smallest absolute Gasteiger partial charge is 0.262 e. The minimum atomic E-state index is -0.0959. The topological polar surface area (TPSA) is 38.3 Å². The van der Waals surface area contributed by atoms with E-state index in [-0.39, 0.29) is 5.91 Å². The lowest BCUT2D eigenvalue weighted by atomic mass is 10.1. The van der Waals surface area contributed by atoms with E-state index >= 15 is 0 Å².